The van der Waals surface area contributed by atoms with Crippen molar-refractivity contribution in [3.63, 3.8) is 0 Å². The Morgan fingerprint density at radius 1 is 0.351 bits per heavy atom. The minimum absolute atomic E-state index is 0.0226. The highest BCUT2D eigenvalue weighted by atomic mass is 32.2. The van der Waals surface area contributed by atoms with Crippen LogP contribution in [0.15, 0.2) is 192 Å². The van der Waals surface area contributed by atoms with E-state index in [4.69, 9.17) is 0 Å². The molecule has 0 saturated heterocycles. The first-order chi connectivity index (χ1) is 28.2. The fraction of sp³-hybridized carbons (Fsp3) is 0.185. The van der Waals surface area contributed by atoms with Gasteiger partial charge < -0.3 is 9.80 Å². The second-order valence-corrected chi connectivity index (χ2v) is 18.1. The first-order valence-electron chi connectivity index (χ1n) is 20.8. The van der Waals surface area contributed by atoms with Crippen molar-refractivity contribution in [1.82, 2.24) is 0 Å². The first-order valence-corrected chi connectivity index (χ1v) is 21.7. The van der Waals surface area contributed by atoms with E-state index < -0.39 is 0 Å². The van der Waals surface area contributed by atoms with Crippen molar-refractivity contribution in [2.45, 2.75) is 47.3 Å². The molecule has 4 fully saturated rings. The number of hydrogen-bond acceptors (Lipinski definition) is 3. The number of nitrogens with zero attached hydrogens (tertiary/aromatic N) is 2. The van der Waals surface area contributed by atoms with Crippen LogP contribution in [0.3, 0.4) is 0 Å². The Balaban J connectivity index is 1.04. The van der Waals surface area contributed by atoms with Gasteiger partial charge in [-0.15, -0.1) is 0 Å². The molecule has 4 saturated carbocycles. The van der Waals surface area contributed by atoms with Crippen molar-refractivity contribution in [3.05, 3.63) is 193 Å². The standard InChI is InChI=1S/C54H44N2S/c1-5-13-44(14-6-1)55(45-15-7-2-8-16-45)48-23-21-38-34-52-50(32-40(38)30-48)54(42-26-36-25-37(28-42)29-43(54)27-36)51-33-41-31-49(24-22-39(41)35-53(51)57-52)56(46-17-9-3-10-18-46)47-19-11-4-12-20-47/h1-24,30-37,42-43H,25-29H2. The highest BCUT2D eigenvalue weighted by Gasteiger charge is 2.60. The Hall–Kier alpha value is -5.77. The van der Waals surface area contributed by atoms with Gasteiger partial charge in [0.25, 0.3) is 0 Å². The van der Waals surface area contributed by atoms with E-state index in [1.165, 1.54) is 97.6 Å². The normalized spacial score (nSPS) is 21.1. The van der Waals surface area contributed by atoms with E-state index in [-0.39, 0.29) is 5.41 Å². The molecule has 2 nitrogen and oxygen atoms in total. The molecule has 1 heterocycles. The Labute approximate surface area is 339 Å². The molecule has 1 aliphatic heterocycles. The molecule has 57 heavy (non-hydrogen) atoms. The maximum Gasteiger partial charge on any atom is 0.0468 e. The predicted octanol–water partition coefficient (Wildman–Crippen LogP) is 15.1. The summed E-state index contributed by atoms with van der Waals surface area (Å²) in [5, 5.41) is 5.32. The van der Waals surface area contributed by atoms with Crippen LogP contribution >= 0.6 is 11.8 Å². The van der Waals surface area contributed by atoms with Gasteiger partial charge in [-0.1, -0.05) is 96.7 Å². The second kappa shape index (κ2) is 13.1. The van der Waals surface area contributed by atoms with Crippen molar-refractivity contribution in [3.8, 4) is 0 Å². The van der Waals surface area contributed by atoms with Crippen LogP contribution in [0.5, 0.6) is 0 Å². The van der Waals surface area contributed by atoms with Crippen LogP contribution in [0.2, 0.25) is 0 Å². The van der Waals surface area contributed by atoms with Gasteiger partial charge in [-0.25, -0.2) is 0 Å². The summed E-state index contributed by atoms with van der Waals surface area (Å²) < 4.78 is 0. The predicted molar refractivity (Wildman–Crippen MR) is 239 cm³/mol. The van der Waals surface area contributed by atoms with Crippen LogP contribution in [0.1, 0.15) is 43.2 Å². The third kappa shape index (κ3) is 5.32. The summed E-state index contributed by atoms with van der Waals surface area (Å²) in [4.78, 5) is 7.74. The van der Waals surface area contributed by atoms with Crippen molar-refractivity contribution in [1.29, 1.82) is 0 Å². The highest BCUT2D eigenvalue weighted by Crippen LogP contribution is 2.69. The monoisotopic (exact) mass is 752 g/mol. The summed E-state index contributed by atoms with van der Waals surface area (Å²) >= 11 is 2.02. The quantitative estimate of drug-likeness (QED) is 0.167. The van der Waals surface area contributed by atoms with E-state index in [9.17, 15) is 0 Å². The summed E-state index contributed by atoms with van der Waals surface area (Å²) in [6.45, 7) is 0. The molecule has 0 radical (unpaired) electrons. The van der Waals surface area contributed by atoms with Gasteiger partial charge in [0.15, 0.2) is 0 Å². The minimum Gasteiger partial charge on any atom is -0.310 e. The molecular formula is C54H44N2S. The number of rotatable bonds is 6. The molecule has 5 aliphatic rings. The lowest BCUT2D eigenvalue weighted by atomic mass is 9.42. The van der Waals surface area contributed by atoms with Gasteiger partial charge in [0.05, 0.1) is 0 Å². The van der Waals surface area contributed by atoms with Gasteiger partial charge in [0, 0.05) is 49.3 Å². The SMILES string of the molecule is c1ccc(N(c2ccccc2)c2ccc3cc4c(cc3c2)C2(c3cc5cc(N(c6ccccc6)c6ccccc6)ccc5cc3S4)C3CC4CC(C3)CC2C4)cc1. The summed E-state index contributed by atoms with van der Waals surface area (Å²) in [5.74, 6) is 3.11. The molecule has 4 bridgehead atoms. The van der Waals surface area contributed by atoms with Gasteiger partial charge in [-0.2, -0.15) is 0 Å². The van der Waals surface area contributed by atoms with Gasteiger partial charge in [-0.05, 0) is 186 Å². The number of hydrogen-bond donors (Lipinski definition) is 0. The Kier molecular flexibility index (Phi) is 7.70. The van der Waals surface area contributed by atoms with E-state index in [1.54, 1.807) is 11.1 Å². The van der Waals surface area contributed by atoms with Gasteiger partial charge >= 0.3 is 0 Å². The summed E-state index contributed by atoms with van der Waals surface area (Å²) in [6.07, 6.45) is 6.89. The summed E-state index contributed by atoms with van der Waals surface area (Å²) in [5.41, 5.74) is 10.3. The zero-order chi connectivity index (χ0) is 37.5. The maximum absolute atomic E-state index is 2.65. The third-order valence-electron chi connectivity index (χ3n) is 14.0. The molecule has 0 unspecified atom stereocenters. The number of anilines is 6. The molecular weight excluding hydrogens is 709 g/mol. The molecule has 0 atom stereocenters. The van der Waals surface area contributed by atoms with Crippen LogP contribution in [0.4, 0.5) is 34.1 Å². The van der Waals surface area contributed by atoms with Gasteiger partial charge in [0.2, 0.25) is 0 Å². The summed E-state index contributed by atoms with van der Waals surface area (Å²) in [7, 11) is 0. The zero-order valence-electron chi connectivity index (χ0n) is 32.0. The second-order valence-electron chi connectivity index (χ2n) is 17.0. The van der Waals surface area contributed by atoms with E-state index in [2.05, 4.69) is 192 Å². The molecule has 0 amide bonds. The zero-order valence-corrected chi connectivity index (χ0v) is 32.8. The lowest BCUT2D eigenvalue weighted by molar-refractivity contribution is -0.0442. The molecule has 8 aromatic rings. The highest BCUT2D eigenvalue weighted by molar-refractivity contribution is 7.99. The largest absolute Gasteiger partial charge is 0.310 e. The smallest absolute Gasteiger partial charge is 0.0468 e. The Morgan fingerprint density at radius 3 is 1.09 bits per heavy atom. The molecule has 13 rings (SSSR count). The van der Waals surface area contributed by atoms with Crippen molar-refractivity contribution < 1.29 is 0 Å². The van der Waals surface area contributed by atoms with Crippen LogP contribution in [-0.2, 0) is 5.41 Å². The van der Waals surface area contributed by atoms with Crippen LogP contribution in [0, 0.1) is 23.7 Å². The molecule has 276 valence electrons. The third-order valence-corrected chi connectivity index (χ3v) is 15.1. The van der Waals surface area contributed by atoms with Crippen LogP contribution in [-0.4, -0.2) is 0 Å². The fourth-order valence-corrected chi connectivity index (χ4v) is 13.2. The van der Waals surface area contributed by atoms with Crippen molar-refractivity contribution >= 4 is 67.4 Å². The van der Waals surface area contributed by atoms with Crippen molar-refractivity contribution in [2.75, 3.05) is 9.80 Å². The minimum atomic E-state index is 0.0226. The average Bonchev–Trinajstić information content (AvgIpc) is 3.25. The lowest BCUT2D eigenvalue weighted by Gasteiger charge is -2.63. The molecule has 0 N–H and O–H groups in total. The molecule has 8 aromatic carbocycles. The van der Waals surface area contributed by atoms with Gasteiger partial charge in [0.1, 0.15) is 0 Å². The fourth-order valence-electron chi connectivity index (χ4n) is 11.9. The molecule has 0 aromatic heterocycles. The maximum atomic E-state index is 2.65. The average molecular weight is 753 g/mol. The lowest BCUT2D eigenvalue weighted by Crippen LogP contribution is -2.57. The van der Waals surface area contributed by atoms with Gasteiger partial charge in [-0.3, -0.25) is 0 Å². The van der Waals surface area contributed by atoms with E-state index in [0.717, 1.165) is 11.8 Å². The molecule has 4 aliphatic carbocycles. The molecule has 3 heteroatoms. The van der Waals surface area contributed by atoms with Crippen LogP contribution < -0.4 is 9.80 Å². The first kappa shape index (κ1) is 33.4. The summed E-state index contributed by atoms with van der Waals surface area (Å²) in [6, 6.07) is 67.9. The van der Waals surface area contributed by atoms with E-state index >= 15 is 0 Å². The van der Waals surface area contributed by atoms with E-state index in [0.29, 0.717) is 11.8 Å². The van der Waals surface area contributed by atoms with Crippen LogP contribution in [0.25, 0.3) is 21.5 Å². The molecule has 1 spiro atoms. The number of benzene rings is 8. The number of fused-ring (bicyclic) bond motifs is 4. The number of para-hydroxylation sites is 4. The van der Waals surface area contributed by atoms with Crippen molar-refractivity contribution in [2.24, 2.45) is 23.7 Å². The topological polar surface area (TPSA) is 6.48 Å². The Bertz CT molecular complexity index is 2500. The van der Waals surface area contributed by atoms with E-state index in [1.807, 2.05) is 11.8 Å². The Morgan fingerprint density at radius 2 is 0.719 bits per heavy atom.